The lowest BCUT2D eigenvalue weighted by atomic mass is 10.2. The van der Waals surface area contributed by atoms with E-state index in [1.54, 1.807) is 0 Å². The van der Waals surface area contributed by atoms with Crippen molar-refractivity contribution in [2.45, 2.75) is 44.6 Å². The Morgan fingerprint density at radius 3 is 2.67 bits per heavy atom. The molecule has 0 saturated heterocycles. The van der Waals surface area contributed by atoms with Gasteiger partial charge < -0.3 is 16.2 Å². The van der Waals surface area contributed by atoms with Gasteiger partial charge in [0, 0.05) is 18.0 Å². The molecule has 2 fully saturated rings. The van der Waals surface area contributed by atoms with Crippen LogP contribution in [0.1, 0.15) is 43.0 Å². The molecule has 3 rings (SSSR count). The van der Waals surface area contributed by atoms with Gasteiger partial charge in [-0.25, -0.2) is 9.97 Å². The Morgan fingerprint density at radius 2 is 2.06 bits per heavy atom. The van der Waals surface area contributed by atoms with E-state index in [2.05, 4.69) is 15.3 Å². The number of rotatable bonds is 5. The summed E-state index contributed by atoms with van der Waals surface area (Å²) in [4.78, 5) is 8.87. The fourth-order valence-corrected chi connectivity index (χ4v) is 2.10. The van der Waals surface area contributed by atoms with Gasteiger partial charge in [0.2, 0.25) is 0 Å². The van der Waals surface area contributed by atoms with E-state index in [1.165, 1.54) is 0 Å². The maximum absolute atomic E-state index is 9.86. The highest BCUT2D eigenvalue weighted by atomic mass is 16.3. The number of anilines is 2. The van der Waals surface area contributed by atoms with Crippen molar-refractivity contribution in [1.82, 2.24) is 9.97 Å². The summed E-state index contributed by atoms with van der Waals surface area (Å²) in [6.07, 6.45) is 4.33. The fourth-order valence-electron chi connectivity index (χ4n) is 2.10. The van der Waals surface area contributed by atoms with Crippen molar-refractivity contribution >= 4 is 11.6 Å². The molecule has 2 saturated carbocycles. The molecule has 0 amide bonds. The molecule has 5 heteroatoms. The smallest absolute Gasteiger partial charge is 0.136 e. The number of aliphatic hydroxyl groups is 1. The first-order valence-corrected chi connectivity index (χ1v) is 6.71. The first-order valence-electron chi connectivity index (χ1n) is 6.71. The van der Waals surface area contributed by atoms with Crippen molar-refractivity contribution in [3.63, 3.8) is 0 Å². The Hall–Kier alpha value is -1.36. The van der Waals surface area contributed by atoms with Crippen molar-refractivity contribution in [2.24, 2.45) is 5.92 Å². The second-order valence-corrected chi connectivity index (χ2v) is 5.50. The molecule has 2 aliphatic rings. The van der Waals surface area contributed by atoms with Crippen LogP contribution in [0.3, 0.4) is 0 Å². The van der Waals surface area contributed by atoms with Crippen molar-refractivity contribution in [2.75, 3.05) is 17.6 Å². The van der Waals surface area contributed by atoms with Gasteiger partial charge in [-0.15, -0.1) is 0 Å². The minimum atomic E-state index is -0.273. The van der Waals surface area contributed by atoms with Gasteiger partial charge in [-0.1, -0.05) is 0 Å². The third-order valence-electron chi connectivity index (χ3n) is 3.79. The van der Waals surface area contributed by atoms with E-state index in [9.17, 15) is 5.11 Å². The molecule has 0 aliphatic heterocycles. The summed E-state index contributed by atoms with van der Waals surface area (Å²) < 4.78 is 0. The number of aromatic nitrogens is 2. The SMILES string of the molecule is Cc1c(N)nc(C2CC2)nc1NCC(O)C1CC1. The zero-order valence-corrected chi connectivity index (χ0v) is 10.7. The molecule has 0 spiro atoms. The quantitative estimate of drug-likeness (QED) is 0.734. The number of nitrogens with one attached hydrogen (secondary N) is 1. The highest BCUT2D eigenvalue weighted by molar-refractivity contribution is 5.55. The molecule has 2 aliphatic carbocycles. The summed E-state index contributed by atoms with van der Waals surface area (Å²) in [6.45, 7) is 2.46. The Balaban J connectivity index is 1.72. The molecule has 5 nitrogen and oxygen atoms in total. The molecule has 1 aromatic heterocycles. The molecule has 1 heterocycles. The first-order chi connectivity index (χ1) is 8.65. The average molecular weight is 248 g/mol. The third-order valence-corrected chi connectivity index (χ3v) is 3.79. The largest absolute Gasteiger partial charge is 0.391 e. The molecule has 4 N–H and O–H groups in total. The van der Waals surface area contributed by atoms with Crippen LogP contribution in [-0.4, -0.2) is 27.7 Å². The second-order valence-electron chi connectivity index (χ2n) is 5.50. The van der Waals surface area contributed by atoms with Crippen LogP contribution in [0.25, 0.3) is 0 Å². The minimum absolute atomic E-state index is 0.273. The van der Waals surface area contributed by atoms with Gasteiger partial charge >= 0.3 is 0 Å². The predicted octanol–water partition coefficient (Wildman–Crippen LogP) is 1.43. The van der Waals surface area contributed by atoms with E-state index in [0.29, 0.717) is 24.2 Å². The maximum Gasteiger partial charge on any atom is 0.136 e. The molecule has 0 bridgehead atoms. The number of nitrogens with zero attached hydrogens (tertiary/aromatic N) is 2. The van der Waals surface area contributed by atoms with Gasteiger partial charge in [0.25, 0.3) is 0 Å². The van der Waals surface area contributed by atoms with Crippen molar-refractivity contribution < 1.29 is 5.11 Å². The minimum Gasteiger partial charge on any atom is -0.391 e. The lowest BCUT2D eigenvalue weighted by molar-refractivity contribution is 0.164. The lowest BCUT2D eigenvalue weighted by Crippen LogP contribution is -2.22. The fraction of sp³-hybridized carbons (Fsp3) is 0.692. The summed E-state index contributed by atoms with van der Waals surface area (Å²) in [5, 5.41) is 13.1. The average Bonchev–Trinajstić information content (AvgIpc) is 3.19. The first kappa shape index (κ1) is 11.7. The summed E-state index contributed by atoms with van der Waals surface area (Å²) in [5.74, 6) is 3.14. The maximum atomic E-state index is 9.86. The number of nitrogen functional groups attached to an aromatic ring is 1. The highest BCUT2D eigenvalue weighted by Crippen LogP contribution is 2.39. The lowest BCUT2D eigenvalue weighted by Gasteiger charge is -2.14. The van der Waals surface area contributed by atoms with Crippen molar-refractivity contribution in [3.05, 3.63) is 11.4 Å². The number of nitrogens with two attached hydrogens (primary N) is 1. The van der Waals surface area contributed by atoms with E-state index >= 15 is 0 Å². The molecule has 18 heavy (non-hydrogen) atoms. The second kappa shape index (κ2) is 4.39. The van der Waals surface area contributed by atoms with Crippen LogP contribution in [0.4, 0.5) is 11.6 Å². The summed E-state index contributed by atoms with van der Waals surface area (Å²) in [7, 11) is 0. The molecule has 98 valence electrons. The van der Waals surface area contributed by atoms with E-state index in [0.717, 1.165) is 42.9 Å². The van der Waals surface area contributed by atoms with E-state index < -0.39 is 0 Å². The van der Waals surface area contributed by atoms with Gasteiger partial charge in [0.05, 0.1) is 6.10 Å². The predicted molar refractivity (Wildman–Crippen MR) is 70.4 cm³/mol. The van der Waals surface area contributed by atoms with E-state index in [4.69, 9.17) is 5.73 Å². The third kappa shape index (κ3) is 2.41. The van der Waals surface area contributed by atoms with Gasteiger partial charge in [0.15, 0.2) is 0 Å². The molecule has 0 radical (unpaired) electrons. The van der Waals surface area contributed by atoms with Crippen molar-refractivity contribution in [1.29, 1.82) is 0 Å². The van der Waals surface area contributed by atoms with Crippen LogP contribution in [0, 0.1) is 12.8 Å². The summed E-state index contributed by atoms with van der Waals surface area (Å²) >= 11 is 0. The molecule has 1 unspecified atom stereocenters. The number of aliphatic hydroxyl groups excluding tert-OH is 1. The van der Waals surface area contributed by atoms with Crippen LogP contribution < -0.4 is 11.1 Å². The van der Waals surface area contributed by atoms with Gasteiger partial charge in [-0.05, 0) is 38.5 Å². The van der Waals surface area contributed by atoms with Crippen LogP contribution in [-0.2, 0) is 0 Å². The molecule has 1 aromatic rings. The zero-order chi connectivity index (χ0) is 12.7. The van der Waals surface area contributed by atoms with Crippen LogP contribution in [0.15, 0.2) is 0 Å². The van der Waals surface area contributed by atoms with Crippen LogP contribution >= 0.6 is 0 Å². The van der Waals surface area contributed by atoms with Crippen molar-refractivity contribution in [3.8, 4) is 0 Å². The standard InChI is InChI=1S/C13H20N4O/c1-7-11(14)16-13(9-4-5-9)17-12(7)15-6-10(18)8-2-3-8/h8-10,18H,2-6H2,1H3,(H3,14,15,16,17). The molecule has 0 aromatic carbocycles. The Morgan fingerprint density at radius 1 is 1.33 bits per heavy atom. The molecular weight excluding hydrogens is 228 g/mol. The monoisotopic (exact) mass is 248 g/mol. The molecule has 1 atom stereocenters. The summed E-state index contributed by atoms with van der Waals surface area (Å²) in [5.41, 5.74) is 6.79. The summed E-state index contributed by atoms with van der Waals surface area (Å²) in [6, 6.07) is 0. The number of hydrogen-bond donors (Lipinski definition) is 3. The van der Waals surface area contributed by atoms with E-state index in [1.807, 2.05) is 6.92 Å². The number of hydrogen-bond acceptors (Lipinski definition) is 5. The Bertz CT molecular complexity index is 455. The zero-order valence-electron chi connectivity index (χ0n) is 10.7. The van der Waals surface area contributed by atoms with Crippen LogP contribution in [0.2, 0.25) is 0 Å². The Labute approximate surface area is 107 Å². The van der Waals surface area contributed by atoms with E-state index in [-0.39, 0.29) is 6.10 Å². The highest BCUT2D eigenvalue weighted by Gasteiger charge is 2.30. The van der Waals surface area contributed by atoms with Gasteiger partial charge in [-0.3, -0.25) is 0 Å². The van der Waals surface area contributed by atoms with Crippen LogP contribution in [0.5, 0.6) is 0 Å². The normalized spacial score (nSPS) is 20.8. The van der Waals surface area contributed by atoms with Gasteiger partial charge in [-0.2, -0.15) is 0 Å². The Kier molecular flexibility index (Phi) is 2.86. The molecular formula is C13H20N4O. The van der Waals surface area contributed by atoms with Gasteiger partial charge in [0.1, 0.15) is 17.5 Å². The topological polar surface area (TPSA) is 84.1 Å².